The molecule has 1 amide bonds. The van der Waals surface area contributed by atoms with Crippen LogP contribution in [0.25, 0.3) is 0 Å². The van der Waals surface area contributed by atoms with Crippen molar-refractivity contribution in [2.24, 2.45) is 5.92 Å². The van der Waals surface area contributed by atoms with Crippen molar-refractivity contribution in [2.45, 2.75) is 64.5 Å². The van der Waals surface area contributed by atoms with Crippen molar-refractivity contribution in [1.82, 2.24) is 10.1 Å². The number of fused-ring (bicyclic) bond motifs is 1. The number of carbonyl (C=O) groups excluding carboxylic acids is 1. The molecule has 1 fully saturated rings. The molecule has 0 spiro atoms. The van der Waals surface area contributed by atoms with E-state index >= 15 is 0 Å². The van der Waals surface area contributed by atoms with Crippen LogP contribution in [0.3, 0.4) is 0 Å². The Morgan fingerprint density at radius 3 is 2.92 bits per heavy atom. The molecule has 2 heterocycles. The number of furan rings is 1. The molecule has 2 aliphatic rings. The summed E-state index contributed by atoms with van der Waals surface area (Å²) in [4.78, 5) is 15.2. The van der Waals surface area contributed by atoms with Crippen molar-refractivity contribution in [2.75, 3.05) is 0 Å². The van der Waals surface area contributed by atoms with Gasteiger partial charge in [0.1, 0.15) is 11.5 Å². The SMILES string of the molecule is C[C@H]1CCc2onc(C(=O)N(Cc3ccco3)C3CCCC3)c2C1. The highest BCUT2D eigenvalue weighted by atomic mass is 16.5. The van der Waals surface area contributed by atoms with Crippen LogP contribution in [-0.2, 0) is 19.4 Å². The largest absolute Gasteiger partial charge is 0.467 e. The van der Waals surface area contributed by atoms with Gasteiger partial charge in [0.05, 0.1) is 12.8 Å². The number of carbonyl (C=O) groups is 1. The zero-order chi connectivity index (χ0) is 16.5. The lowest BCUT2D eigenvalue weighted by Gasteiger charge is -2.28. The molecule has 0 radical (unpaired) electrons. The fourth-order valence-electron chi connectivity index (χ4n) is 4.04. The molecule has 128 valence electrons. The van der Waals surface area contributed by atoms with Crippen LogP contribution >= 0.6 is 0 Å². The third-order valence-electron chi connectivity index (χ3n) is 5.42. The van der Waals surface area contributed by atoms with Gasteiger partial charge in [-0.3, -0.25) is 4.79 Å². The fraction of sp³-hybridized carbons (Fsp3) is 0.579. The van der Waals surface area contributed by atoms with E-state index in [1.54, 1.807) is 6.26 Å². The average molecular weight is 328 g/mol. The van der Waals surface area contributed by atoms with Crippen LogP contribution in [0.5, 0.6) is 0 Å². The molecule has 0 aliphatic heterocycles. The van der Waals surface area contributed by atoms with E-state index in [2.05, 4.69) is 12.1 Å². The van der Waals surface area contributed by atoms with Gasteiger partial charge in [0, 0.05) is 18.0 Å². The first-order chi connectivity index (χ1) is 11.7. The van der Waals surface area contributed by atoms with Crippen LogP contribution in [0.15, 0.2) is 27.3 Å². The minimum absolute atomic E-state index is 0.00241. The summed E-state index contributed by atoms with van der Waals surface area (Å²) in [7, 11) is 0. The number of amides is 1. The van der Waals surface area contributed by atoms with E-state index < -0.39 is 0 Å². The Morgan fingerprint density at radius 1 is 1.33 bits per heavy atom. The predicted molar refractivity (Wildman–Crippen MR) is 88.5 cm³/mol. The fourth-order valence-corrected chi connectivity index (χ4v) is 4.04. The third kappa shape index (κ3) is 2.87. The molecule has 2 aliphatic carbocycles. The number of hydrogen-bond donors (Lipinski definition) is 0. The highest BCUT2D eigenvalue weighted by Crippen LogP contribution is 2.31. The van der Waals surface area contributed by atoms with Crippen molar-refractivity contribution in [3.8, 4) is 0 Å². The van der Waals surface area contributed by atoms with E-state index in [4.69, 9.17) is 8.94 Å². The van der Waals surface area contributed by atoms with Crippen molar-refractivity contribution < 1.29 is 13.7 Å². The number of hydrogen-bond acceptors (Lipinski definition) is 4. The molecule has 24 heavy (non-hydrogen) atoms. The summed E-state index contributed by atoms with van der Waals surface area (Å²) in [5, 5.41) is 4.16. The lowest BCUT2D eigenvalue weighted by Crippen LogP contribution is -2.39. The molecular weight excluding hydrogens is 304 g/mol. The second-order valence-corrected chi connectivity index (χ2v) is 7.23. The lowest BCUT2D eigenvalue weighted by atomic mass is 9.88. The summed E-state index contributed by atoms with van der Waals surface area (Å²) in [5.41, 5.74) is 1.55. The van der Waals surface area contributed by atoms with Gasteiger partial charge in [-0.05, 0) is 43.7 Å². The Bertz CT molecular complexity index is 698. The molecule has 1 saturated carbocycles. The Morgan fingerprint density at radius 2 is 2.17 bits per heavy atom. The van der Waals surface area contributed by atoms with E-state index in [0.717, 1.165) is 49.2 Å². The van der Waals surface area contributed by atoms with Crippen LogP contribution in [-0.4, -0.2) is 22.0 Å². The minimum atomic E-state index is -0.00241. The Labute approximate surface area is 142 Å². The molecule has 1 atom stereocenters. The topological polar surface area (TPSA) is 59.5 Å². The van der Waals surface area contributed by atoms with Gasteiger partial charge in [-0.25, -0.2) is 0 Å². The molecule has 0 unspecified atom stereocenters. The standard InChI is InChI=1S/C19H24N2O3/c1-13-8-9-17-16(11-13)18(20-24-17)19(22)21(14-5-2-3-6-14)12-15-7-4-10-23-15/h4,7,10,13-14H,2-3,5-6,8-9,11-12H2,1H3/t13-/m0/s1. The first kappa shape index (κ1) is 15.5. The maximum atomic E-state index is 13.3. The summed E-state index contributed by atoms with van der Waals surface area (Å²) in [6.45, 7) is 2.73. The third-order valence-corrected chi connectivity index (χ3v) is 5.42. The van der Waals surface area contributed by atoms with Crippen LogP contribution < -0.4 is 0 Å². The van der Waals surface area contributed by atoms with Gasteiger partial charge in [-0.1, -0.05) is 24.9 Å². The maximum absolute atomic E-state index is 13.3. The first-order valence-corrected chi connectivity index (χ1v) is 9.03. The summed E-state index contributed by atoms with van der Waals surface area (Å²) in [6.07, 6.45) is 9.02. The van der Waals surface area contributed by atoms with Gasteiger partial charge in [-0.2, -0.15) is 0 Å². The van der Waals surface area contributed by atoms with Gasteiger partial charge in [0.25, 0.3) is 5.91 Å². The molecule has 5 nitrogen and oxygen atoms in total. The van der Waals surface area contributed by atoms with Gasteiger partial charge in [0.15, 0.2) is 5.69 Å². The first-order valence-electron chi connectivity index (χ1n) is 9.03. The maximum Gasteiger partial charge on any atom is 0.276 e. The Balaban J connectivity index is 1.62. The average Bonchev–Trinajstić information content (AvgIpc) is 3.32. The molecule has 0 aromatic carbocycles. The van der Waals surface area contributed by atoms with Gasteiger partial charge in [-0.15, -0.1) is 0 Å². The minimum Gasteiger partial charge on any atom is -0.467 e. The van der Waals surface area contributed by atoms with E-state index in [1.807, 2.05) is 17.0 Å². The zero-order valence-electron chi connectivity index (χ0n) is 14.2. The highest BCUT2D eigenvalue weighted by Gasteiger charge is 2.34. The van der Waals surface area contributed by atoms with E-state index in [1.165, 1.54) is 12.8 Å². The second-order valence-electron chi connectivity index (χ2n) is 7.23. The number of aryl methyl sites for hydroxylation is 1. The smallest absolute Gasteiger partial charge is 0.276 e. The molecular formula is C19H24N2O3. The van der Waals surface area contributed by atoms with Gasteiger partial charge < -0.3 is 13.8 Å². The molecule has 5 heteroatoms. The van der Waals surface area contributed by atoms with Gasteiger partial charge in [0.2, 0.25) is 0 Å². The van der Waals surface area contributed by atoms with Crippen molar-refractivity contribution in [3.63, 3.8) is 0 Å². The predicted octanol–water partition coefficient (Wildman–Crippen LogP) is 3.98. The summed E-state index contributed by atoms with van der Waals surface area (Å²) < 4.78 is 11.0. The van der Waals surface area contributed by atoms with Crippen LogP contribution in [0.4, 0.5) is 0 Å². The molecule has 0 bridgehead atoms. The second kappa shape index (κ2) is 6.46. The quantitative estimate of drug-likeness (QED) is 0.852. The molecule has 0 N–H and O–H groups in total. The normalized spacial score (nSPS) is 21.0. The molecule has 2 aromatic heterocycles. The number of rotatable bonds is 4. The Hall–Kier alpha value is -2.04. The van der Waals surface area contributed by atoms with E-state index in [-0.39, 0.29) is 11.9 Å². The van der Waals surface area contributed by atoms with Crippen molar-refractivity contribution in [3.05, 3.63) is 41.2 Å². The van der Waals surface area contributed by atoms with E-state index in [9.17, 15) is 4.79 Å². The Kier molecular flexibility index (Phi) is 4.17. The summed E-state index contributed by atoms with van der Waals surface area (Å²) >= 11 is 0. The molecule has 4 rings (SSSR count). The highest BCUT2D eigenvalue weighted by molar-refractivity contribution is 5.94. The molecule has 2 aromatic rings. The van der Waals surface area contributed by atoms with Crippen LogP contribution in [0.2, 0.25) is 0 Å². The molecule has 0 saturated heterocycles. The number of aromatic nitrogens is 1. The van der Waals surface area contributed by atoms with Crippen molar-refractivity contribution in [1.29, 1.82) is 0 Å². The summed E-state index contributed by atoms with van der Waals surface area (Å²) in [5.74, 6) is 2.30. The van der Waals surface area contributed by atoms with Crippen LogP contribution in [0.1, 0.15) is 66.6 Å². The van der Waals surface area contributed by atoms with Crippen LogP contribution in [0, 0.1) is 5.92 Å². The summed E-state index contributed by atoms with van der Waals surface area (Å²) in [6, 6.07) is 4.07. The monoisotopic (exact) mass is 328 g/mol. The number of nitrogens with zero attached hydrogens (tertiary/aromatic N) is 2. The van der Waals surface area contributed by atoms with E-state index in [0.29, 0.717) is 18.2 Å². The lowest BCUT2D eigenvalue weighted by molar-refractivity contribution is 0.0637. The zero-order valence-corrected chi connectivity index (χ0v) is 14.2. The van der Waals surface area contributed by atoms with Gasteiger partial charge >= 0.3 is 0 Å². The van der Waals surface area contributed by atoms with Crippen molar-refractivity contribution >= 4 is 5.91 Å².